The number of morpholine rings is 1. The fourth-order valence-corrected chi connectivity index (χ4v) is 4.05. The van der Waals surface area contributed by atoms with E-state index in [0.717, 1.165) is 32.2 Å². The number of nitrogens with zero attached hydrogens (tertiary/aromatic N) is 1. The molecular weight excluding hydrogens is 248 g/mol. The van der Waals surface area contributed by atoms with Crippen LogP contribution in [0.2, 0.25) is 0 Å². The molecule has 3 nitrogen and oxygen atoms in total. The molecule has 20 heavy (non-hydrogen) atoms. The summed E-state index contributed by atoms with van der Waals surface area (Å²) in [5.74, 6) is 1.49. The van der Waals surface area contributed by atoms with Crippen LogP contribution in [-0.4, -0.2) is 42.8 Å². The van der Waals surface area contributed by atoms with Gasteiger partial charge in [-0.1, -0.05) is 20.8 Å². The lowest BCUT2D eigenvalue weighted by atomic mass is 9.67. The Morgan fingerprint density at radius 3 is 2.50 bits per heavy atom. The monoisotopic (exact) mass is 282 g/mol. The van der Waals surface area contributed by atoms with Gasteiger partial charge in [0.15, 0.2) is 0 Å². The first-order chi connectivity index (χ1) is 9.23. The van der Waals surface area contributed by atoms with E-state index >= 15 is 0 Å². The van der Waals surface area contributed by atoms with E-state index < -0.39 is 0 Å². The summed E-state index contributed by atoms with van der Waals surface area (Å²) >= 11 is 0. The summed E-state index contributed by atoms with van der Waals surface area (Å²) in [6.07, 6.45) is 3.94. The Morgan fingerprint density at radius 1 is 1.25 bits per heavy atom. The van der Waals surface area contributed by atoms with Gasteiger partial charge < -0.3 is 10.5 Å². The van der Waals surface area contributed by atoms with Gasteiger partial charge in [0.25, 0.3) is 0 Å². The van der Waals surface area contributed by atoms with E-state index in [1.165, 1.54) is 19.3 Å². The highest BCUT2D eigenvalue weighted by Crippen LogP contribution is 2.42. The average molecular weight is 282 g/mol. The summed E-state index contributed by atoms with van der Waals surface area (Å²) < 4.78 is 5.88. The summed E-state index contributed by atoms with van der Waals surface area (Å²) in [5, 5.41) is 0. The Bertz CT molecular complexity index is 318. The van der Waals surface area contributed by atoms with Gasteiger partial charge in [-0.05, 0) is 56.9 Å². The maximum Gasteiger partial charge on any atom is 0.0753 e. The molecule has 0 aromatic carbocycles. The molecule has 3 heteroatoms. The quantitative estimate of drug-likeness (QED) is 0.846. The standard InChI is InChI=1S/C17H34N2O/c1-16(2,3)14-7-6-13(11-18)15(10-14)19-8-9-20-17(4,5)12-19/h13-15H,6-12,18H2,1-5H3. The fraction of sp³-hybridized carbons (Fsp3) is 1.00. The van der Waals surface area contributed by atoms with Crippen molar-refractivity contribution in [1.29, 1.82) is 0 Å². The van der Waals surface area contributed by atoms with Crippen LogP contribution in [-0.2, 0) is 4.74 Å². The zero-order chi connectivity index (χ0) is 15.0. The third kappa shape index (κ3) is 3.75. The van der Waals surface area contributed by atoms with Crippen molar-refractivity contribution < 1.29 is 4.74 Å². The summed E-state index contributed by atoms with van der Waals surface area (Å²) in [6, 6.07) is 0.654. The molecule has 2 aliphatic rings. The second-order valence-electron chi connectivity index (χ2n) is 8.52. The van der Waals surface area contributed by atoms with Crippen LogP contribution < -0.4 is 5.73 Å². The summed E-state index contributed by atoms with van der Waals surface area (Å²) in [4.78, 5) is 2.67. The van der Waals surface area contributed by atoms with Crippen molar-refractivity contribution >= 4 is 0 Å². The molecule has 3 atom stereocenters. The molecule has 0 aromatic rings. The smallest absolute Gasteiger partial charge is 0.0753 e. The second-order valence-corrected chi connectivity index (χ2v) is 8.52. The highest BCUT2D eigenvalue weighted by molar-refractivity contribution is 4.93. The molecule has 1 saturated heterocycles. The van der Waals surface area contributed by atoms with Gasteiger partial charge in [-0.15, -0.1) is 0 Å². The van der Waals surface area contributed by atoms with Crippen LogP contribution in [0.25, 0.3) is 0 Å². The second kappa shape index (κ2) is 5.94. The molecule has 0 spiro atoms. The van der Waals surface area contributed by atoms with Crippen molar-refractivity contribution in [2.24, 2.45) is 23.0 Å². The molecule has 0 amide bonds. The molecule has 1 aliphatic carbocycles. The van der Waals surface area contributed by atoms with E-state index in [4.69, 9.17) is 10.5 Å². The molecule has 1 heterocycles. The van der Waals surface area contributed by atoms with Crippen LogP contribution in [0.15, 0.2) is 0 Å². The molecule has 2 N–H and O–H groups in total. The highest BCUT2D eigenvalue weighted by atomic mass is 16.5. The molecular formula is C17H34N2O. The van der Waals surface area contributed by atoms with Crippen molar-refractivity contribution in [3.63, 3.8) is 0 Å². The molecule has 0 radical (unpaired) electrons. The van der Waals surface area contributed by atoms with Gasteiger partial charge in [0.05, 0.1) is 12.2 Å². The zero-order valence-corrected chi connectivity index (χ0v) is 14.1. The minimum Gasteiger partial charge on any atom is -0.373 e. The zero-order valence-electron chi connectivity index (χ0n) is 14.1. The molecule has 3 unspecified atom stereocenters. The van der Waals surface area contributed by atoms with E-state index in [-0.39, 0.29) is 5.60 Å². The average Bonchev–Trinajstić information content (AvgIpc) is 2.35. The van der Waals surface area contributed by atoms with Crippen molar-refractivity contribution in [3.05, 3.63) is 0 Å². The minimum absolute atomic E-state index is 0.00786. The molecule has 2 fully saturated rings. The Balaban J connectivity index is 2.09. The first kappa shape index (κ1) is 16.3. The number of ether oxygens (including phenoxy) is 1. The SMILES string of the molecule is CC1(C)CN(C2CC(C(C)(C)C)CCC2CN)CCO1. The third-order valence-electron chi connectivity index (χ3n) is 5.41. The van der Waals surface area contributed by atoms with Gasteiger partial charge in [0.2, 0.25) is 0 Å². The van der Waals surface area contributed by atoms with E-state index in [1.54, 1.807) is 0 Å². The number of nitrogens with two attached hydrogens (primary N) is 1. The molecule has 1 saturated carbocycles. The van der Waals surface area contributed by atoms with Crippen LogP contribution in [0.4, 0.5) is 0 Å². The Labute approximate surface area is 125 Å². The third-order valence-corrected chi connectivity index (χ3v) is 5.41. The Morgan fingerprint density at radius 2 is 1.95 bits per heavy atom. The lowest BCUT2D eigenvalue weighted by Crippen LogP contribution is -2.56. The first-order valence-electron chi connectivity index (χ1n) is 8.31. The van der Waals surface area contributed by atoms with Gasteiger partial charge in [0.1, 0.15) is 0 Å². The number of hydrogen-bond donors (Lipinski definition) is 1. The molecule has 0 bridgehead atoms. The Hall–Kier alpha value is -0.120. The van der Waals surface area contributed by atoms with E-state index in [0.29, 0.717) is 17.4 Å². The Kier molecular flexibility index (Phi) is 4.83. The van der Waals surface area contributed by atoms with Crippen molar-refractivity contribution in [3.8, 4) is 0 Å². The molecule has 0 aromatic heterocycles. The number of rotatable bonds is 2. The van der Waals surface area contributed by atoms with Crippen LogP contribution in [0.3, 0.4) is 0 Å². The lowest BCUT2D eigenvalue weighted by molar-refractivity contribution is -0.111. The maximum atomic E-state index is 6.06. The predicted molar refractivity (Wildman–Crippen MR) is 84.7 cm³/mol. The van der Waals surface area contributed by atoms with Gasteiger partial charge in [0, 0.05) is 19.1 Å². The van der Waals surface area contributed by atoms with Gasteiger partial charge in [-0.3, -0.25) is 4.90 Å². The summed E-state index contributed by atoms with van der Waals surface area (Å²) in [6.45, 7) is 15.4. The topological polar surface area (TPSA) is 38.5 Å². The lowest BCUT2D eigenvalue weighted by Gasteiger charge is -2.49. The van der Waals surface area contributed by atoms with Gasteiger partial charge in [-0.2, -0.15) is 0 Å². The summed E-state index contributed by atoms with van der Waals surface area (Å²) in [5.41, 5.74) is 6.47. The van der Waals surface area contributed by atoms with Crippen LogP contribution in [0.5, 0.6) is 0 Å². The van der Waals surface area contributed by atoms with E-state index in [1.807, 2.05) is 0 Å². The maximum absolute atomic E-state index is 6.06. The first-order valence-corrected chi connectivity index (χ1v) is 8.31. The van der Waals surface area contributed by atoms with Gasteiger partial charge >= 0.3 is 0 Å². The van der Waals surface area contributed by atoms with Crippen LogP contribution in [0, 0.1) is 17.3 Å². The predicted octanol–water partition coefficient (Wildman–Crippen LogP) is 2.89. The van der Waals surface area contributed by atoms with Crippen molar-refractivity contribution in [1.82, 2.24) is 4.90 Å². The van der Waals surface area contributed by atoms with Crippen molar-refractivity contribution in [2.75, 3.05) is 26.2 Å². The van der Waals surface area contributed by atoms with Crippen LogP contribution in [0.1, 0.15) is 53.9 Å². The van der Waals surface area contributed by atoms with Crippen molar-refractivity contribution in [2.45, 2.75) is 65.5 Å². The molecule has 118 valence electrons. The highest BCUT2D eigenvalue weighted by Gasteiger charge is 2.40. The van der Waals surface area contributed by atoms with E-state index in [9.17, 15) is 0 Å². The molecule has 2 rings (SSSR count). The minimum atomic E-state index is -0.00786. The van der Waals surface area contributed by atoms with Gasteiger partial charge in [-0.25, -0.2) is 0 Å². The number of hydrogen-bond acceptors (Lipinski definition) is 3. The molecule has 1 aliphatic heterocycles. The van der Waals surface area contributed by atoms with Crippen LogP contribution >= 0.6 is 0 Å². The van der Waals surface area contributed by atoms with E-state index in [2.05, 4.69) is 39.5 Å². The fourth-order valence-electron chi connectivity index (χ4n) is 4.05. The largest absolute Gasteiger partial charge is 0.373 e. The normalized spacial score (nSPS) is 36.0. The summed E-state index contributed by atoms with van der Waals surface area (Å²) in [7, 11) is 0.